The summed E-state index contributed by atoms with van der Waals surface area (Å²) in [6.45, 7) is 0.717. The molecule has 1 saturated heterocycles. The van der Waals surface area contributed by atoms with Crippen LogP contribution in [0.2, 0.25) is 0 Å². The van der Waals surface area contributed by atoms with E-state index in [9.17, 15) is 31.6 Å². The third kappa shape index (κ3) is 4.88. The Bertz CT molecular complexity index is 1230. The van der Waals surface area contributed by atoms with E-state index in [2.05, 4.69) is 4.74 Å². The van der Waals surface area contributed by atoms with Crippen LogP contribution in [0, 0.1) is 17.2 Å². The first kappa shape index (κ1) is 24.0. The molecule has 4 rings (SSSR count). The molecule has 0 bridgehead atoms. The van der Waals surface area contributed by atoms with E-state index in [1.54, 1.807) is 17.0 Å². The summed E-state index contributed by atoms with van der Waals surface area (Å²) in [6, 6.07) is 11.9. The molecule has 2 heterocycles. The van der Waals surface area contributed by atoms with Crippen LogP contribution < -0.4 is 9.64 Å². The number of amides is 1. The van der Waals surface area contributed by atoms with E-state index in [1.807, 2.05) is 6.07 Å². The molecule has 0 radical (unpaired) electrons. The van der Waals surface area contributed by atoms with Crippen molar-refractivity contribution in [1.29, 1.82) is 5.26 Å². The van der Waals surface area contributed by atoms with Crippen LogP contribution in [-0.2, 0) is 21.2 Å². The van der Waals surface area contributed by atoms with Crippen molar-refractivity contribution in [3.05, 3.63) is 53.6 Å². The minimum Gasteiger partial charge on any atom is -0.406 e. The molecule has 0 aliphatic carbocycles. The summed E-state index contributed by atoms with van der Waals surface area (Å²) in [7, 11) is -3.87. The summed E-state index contributed by atoms with van der Waals surface area (Å²) < 4.78 is 68.9. The smallest absolute Gasteiger partial charge is 0.406 e. The van der Waals surface area contributed by atoms with Crippen LogP contribution in [0.3, 0.4) is 0 Å². The van der Waals surface area contributed by atoms with Gasteiger partial charge in [-0.05, 0) is 61.6 Å². The van der Waals surface area contributed by atoms with Gasteiger partial charge in [-0.2, -0.15) is 9.57 Å². The van der Waals surface area contributed by atoms with Crippen LogP contribution in [-0.4, -0.2) is 44.6 Å². The van der Waals surface area contributed by atoms with Crippen molar-refractivity contribution in [1.82, 2.24) is 4.31 Å². The maximum Gasteiger partial charge on any atom is 0.573 e. The monoisotopic (exact) mass is 493 g/mol. The molecule has 1 fully saturated rings. The number of alkyl halides is 3. The summed E-state index contributed by atoms with van der Waals surface area (Å²) in [5.41, 5.74) is 1.23. The van der Waals surface area contributed by atoms with Crippen molar-refractivity contribution in [3.63, 3.8) is 0 Å². The van der Waals surface area contributed by atoms with Gasteiger partial charge in [-0.1, -0.05) is 12.1 Å². The molecule has 0 saturated carbocycles. The normalized spacial score (nSPS) is 17.6. The van der Waals surface area contributed by atoms with Crippen molar-refractivity contribution in [2.45, 2.75) is 36.9 Å². The highest BCUT2D eigenvalue weighted by Crippen LogP contribution is 2.35. The average molecular weight is 494 g/mol. The van der Waals surface area contributed by atoms with Crippen LogP contribution in [0.15, 0.2) is 47.4 Å². The number of nitrogens with zero attached hydrogens (tertiary/aromatic N) is 3. The lowest BCUT2D eigenvalue weighted by atomic mass is 9.94. The number of piperidine rings is 1. The molecule has 0 spiro atoms. The molecule has 11 heteroatoms. The molecule has 7 nitrogen and oxygen atoms in total. The summed E-state index contributed by atoms with van der Waals surface area (Å²) in [5.74, 6) is -0.897. The van der Waals surface area contributed by atoms with Gasteiger partial charge in [0, 0.05) is 31.2 Å². The van der Waals surface area contributed by atoms with Crippen LogP contribution in [0.1, 0.15) is 30.4 Å². The van der Waals surface area contributed by atoms with E-state index in [-0.39, 0.29) is 35.2 Å². The first-order valence-corrected chi connectivity index (χ1v) is 12.2. The zero-order chi connectivity index (χ0) is 24.5. The fourth-order valence-electron chi connectivity index (χ4n) is 4.49. The van der Waals surface area contributed by atoms with E-state index >= 15 is 0 Å². The molecular weight excluding hydrogens is 471 g/mol. The second-order valence-electron chi connectivity index (χ2n) is 8.22. The number of hydrogen-bond acceptors (Lipinski definition) is 5. The Labute approximate surface area is 195 Å². The van der Waals surface area contributed by atoms with Crippen molar-refractivity contribution >= 4 is 21.6 Å². The number of ether oxygens (including phenoxy) is 1. The highest BCUT2D eigenvalue weighted by molar-refractivity contribution is 7.89. The molecular formula is C23H22F3N3O4S. The van der Waals surface area contributed by atoms with Gasteiger partial charge in [0.05, 0.1) is 10.5 Å². The number of benzene rings is 2. The topological polar surface area (TPSA) is 90.7 Å². The molecule has 180 valence electrons. The molecule has 34 heavy (non-hydrogen) atoms. The third-order valence-electron chi connectivity index (χ3n) is 6.10. The lowest BCUT2D eigenvalue weighted by Gasteiger charge is -2.36. The van der Waals surface area contributed by atoms with Crippen molar-refractivity contribution in [2.24, 2.45) is 5.92 Å². The number of aryl methyl sites for hydroxylation is 1. The number of nitriles is 1. The van der Waals surface area contributed by atoms with Crippen molar-refractivity contribution in [3.8, 4) is 11.8 Å². The van der Waals surface area contributed by atoms with Gasteiger partial charge < -0.3 is 9.64 Å². The van der Waals surface area contributed by atoms with Crippen LogP contribution in [0.25, 0.3) is 0 Å². The van der Waals surface area contributed by atoms with Crippen LogP contribution in [0.4, 0.5) is 18.9 Å². The first-order valence-electron chi connectivity index (χ1n) is 10.8. The van der Waals surface area contributed by atoms with Gasteiger partial charge in [0.25, 0.3) is 0 Å². The quantitative estimate of drug-likeness (QED) is 0.646. The van der Waals surface area contributed by atoms with E-state index in [1.165, 1.54) is 34.6 Å². The summed E-state index contributed by atoms with van der Waals surface area (Å²) >= 11 is 0. The summed E-state index contributed by atoms with van der Waals surface area (Å²) in [6.07, 6.45) is -3.03. The molecule has 0 unspecified atom stereocenters. The standard InChI is InChI=1S/C23H22F3N3O4S/c24-23(25,26)33-19-7-8-20-17(14-19)5-3-11-29(20)22(30)16-9-12-28(13-10-16)34(31,32)21-6-2-1-4-18(21)15-27/h1-2,4,6-8,14,16H,3,5,9-13H2. The first-order chi connectivity index (χ1) is 16.1. The third-order valence-corrected chi connectivity index (χ3v) is 8.05. The van der Waals surface area contributed by atoms with Gasteiger partial charge in [-0.25, -0.2) is 8.42 Å². The maximum atomic E-state index is 13.3. The fraction of sp³-hybridized carbons (Fsp3) is 0.391. The molecule has 1 amide bonds. The van der Waals surface area contributed by atoms with E-state index in [0.29, 0.717) is 43.5 Å². The molecule has 0 atom stereocenters. The highest BCUT2D eigenvalue weighted by atomic mass is 32.2. The summed E-state index contributed by atoms with van der Waals surface area (Å²) in [4.78, 5) is 14.8. The number of sulfonamides is 1. The van der Waals surface area contributed by atoms with Gasteiger partial charge in [-0.15, -0.1) is 13.2 Å². The molecule has 2 aromatic carbocycles. The highest BCUT2D eigenvalue weighted by Gasteiger charge is 2.36. The fourth-order valence-corrected chi connectivity index (χ4v) is 6.10. The lowest BCUT2D eigenvalue weighted by Crippen LogP contribution is -2.45. The average Bonchev–Trinajstić information content (AvgIpc) is 2.82. The molecule has 2 aliphatic heterocycles. The minimum absolute atomic E-state index is 0.0517. The van der Waals surface area contributed by atoms with E-state index in [0.717, 1.165) is 0 Å². The number of rotatable bonds is 4. The number of fused-ring (bicyclic) bond motifs is 1. The Morgan fingerprint density at radius 3 is 2.47 bits per heavy atom. The Morgan fingerprint density at radius 1 is 1.09 bits per heavy atom. The van der Waals surface area contributed by atoms with Crippen molar-refractivity contribution in [2.75, 3.05) is 24.5 Å². The van der Waals surface area contributed by atoms with E-state index in [4.69, 9.17) is 0 Å². The maximum absolute atomic E-state index is 13.3. The van der Waals surface area contributed by atoms with Crippen LogP contribution in [0.5, 0.6) is 5.75 Å². The lowest BCUT2D eigenvalue weighted by molar-refractivity contribution is -0.274. The van der Waals surface area contributed by atoms with Gasteiger partial charge >= 0.3 is 6.36 Å². The largest absolute Gasteiger partial charge is 0.573 e. The Balaban J connectivity index is 1.46. The van der Waals surface area contributed by atoms with Gasteiger partial charge in [0.2, 0.25) is 15.9 Å². The van der Waals surface area contributed by atoms with Crippen molar-refractivity contribution < 1.29 is 31.1 Å². The van der Waals surface area contributed by atoms with Gasteiger partial charge in [0.1, 0.15) is 11.8 Å². The zero-order valence-electron chi connectivity index (χ0n) is 18.1. The zero-order valence-corrected chi connectivity index (χ0v) is 18.9. The van der Waals surface area contributed by atoms with Crippen LogP contribution >= 0.6 is 0 Å². The van der Waals surface area contributed by atoms with Gasteiger partial charge in [0.15, 0.2) is 0 Å². The molecule has 2 aromatic rings. The summed E-state index contributed by atoms with van der Waals surface area (Å²) in [5, 5.41) is 9.25. The predicted octanol–water partition coefficient (Wildman–Crippen LogP) is 3.84. The Morgan fingerprint density at radius 2 is 1.79 bits per heavy atom. The Kier molecular flexibility index (Phi) is 6.55. The van der Waals surface area contributed by atoms with Gasteiger partial charge in [-0.3, -0.25) is 4.79 Å². The predicted molar refractivity (Wildman–Crippen MR) is 116 cm³/mol. The number of hydrogen-bond donors (Lipinski definition) is 0. The SMILES string of the molecule is N#Cc1ccccc1S(=O)(=O)N1CCC(C(=O)N2CCCc3cc(OC(F)(F)F)ccc32)CC1. The number of carbonyl (C=O) groups excluding carboxylic acids is 1. The molecule has 2 aliphatic rings. The second kappa shape index (κ2) is 9.27. The second-order valence-corrected chi connectivity index (χ2v) is 10.1. The van der Waals surface area contributed by atoms with E-state index < -0.39 is 22.3 Å². The number of anilines is 1. The molecule has 0 aromatic heterocycles. The molecule has 0 N–H and O–H groups in total. The number of carbonyl (C=O) groups is 1. The number of halogens is 3. The Hall–Kier alpha value is -3.10. The minimum atomic E-state index is -4.79.